The number of anilines is 3. The Morgan fingerprint density at radius 3 is 2.37 bits per heavy atom. The molecule has 4 rings (SSSR count). The largest absolute Gasteiger partial charge is 0.444 e. The monoisotopic (exact) mass is 578 g/mol. The predicted octanol–water partition coefficient (Wildman–Crippen LogP) is 2.29. The normalized spacial score (nSPS) is 23.6. The highest BCUT2D eigenvalue weighted by molar-refractivity contribution is 6.03. The summed E-state index contributed by atoms with van der Waals surface area (Å²) in [5, 5.41) is 2.37. The Bertz CT molecular complexity index is 1170. The van der Waals surface area contributed by atoms with Gasteiger partial charge in [0.2, 0.25) is 18.2 Å². The number of piperidine rings is 2. The number of hydrogen-bond donors (Lipinski definition) is 1. The number of piperazine rings is 1. The summed E-state index contributed by atoms with van der Waals surface area (Å²) in [4.78, 5) is 56.7. The highest BCUT2D eigenvalue weighted by atomic mass is 19.3. The number of likely N-dealkylation sites (tertiary alicyclic amines) is 1. The fraction of sp³-hybridized carbons (Fsp3) is 0.643. The summed E-state index contributed by atoms with van der Waals surface area (Å²) < 4.78 is 35.9. The first-order chi connectivity index (χ1) is 19.2. The third-order valence-corrected chi connectivity index (χ3v) is 7.87. The van der Waals surface area contributed by atoms with E-state index in [1.54, 1.807) is 44.7 Å². The van der Waals surface area contributed by atoms with Gasteiger partial charge in [0.1, 0.15) is 11.6 Å². The minimum absolute atomic E-state index is 0.137. The van der Waals surface area contributed by atoms with E-state index in [1.165, 1.54) is 4.90 Å². The number of nitrogens with one attached hydrogen (secondary N) is 1. The van der Waals surface area contributed by atoms with Gasteiger partial charge in [-0.15, -0.1) is 0 Å². The molecule has 41 heavy (non-hydrogen) atoms. The molecule has 0 aromatic heterocycles. The molecule has 0 saturated carbocycles. The summed E-state index contributed by atoms with van der Waals surface area (Å²) in [5.74, 6) is -3.79. The van der Waals surface area contributed by atoms with Crippen molar-refractivity contribution in [2.24, 2.45) is 0 Å². The molecule has 0 spiro atoms. The van der Waals surface area contributed by atoms with E-state index in [2.05, 4.69) is 10.2 Å². The van der Waals surface area contributed by atoms with Crippen LogP contribution in [0, 0.1) is 0 Å². The van der Waals surface area contributed by atoms with Gasteiger partial charge in [0, 0.05) is 53.2 Å². The molecule has 11 nitrogen and oxygen atoms in total. The van der Waals surface area contributed by atoms with Crippen LogP contribution in [0.3, 0.4) is 0 Å². The molecule has 1 aromatic carbocycles. The first-order valence-electron chi connectivity index (χ1n) is 13.9. The Morgan fingerprint density at radius 1 is 1.10 bits per heavy atom. The molecule has 0 aliphatic carbocycles. The van der Waals surface area contributed by atoms with E-state index in [0.29, 0.717) is 50.4 Å². The molecule has 226 valence electrons. The van der Waals surface area contributed by atoms with Crippen LogP contribution in [-0.4, -0.2) is 111 Å². The number of hydrogen-bond acceptors (Lipinski definition) is 8. The van der Waals surface area contributed by atoms with Crippen LogP contribution < -0.4 is 20.0 Å². The average Bonchev–Trinajstić information content (AvgIpc) is 2.90. The lowest BCUT2D eigenvalue weighted by atomic mass is 9.98. The molecular formula is C28H40F2N6O5. The lowest BCUT2D eigenvalue weighted by molar-refractivity contribution is -0.134. The Kier molecular flexibility index (Phi) is 8.76. The fourth-order valence-corrected chi connectivity index (χ4v) is 5.83. The second kappa shape index (κ2) is 11.8. The van der Waals surface area contributed by atoms with Gasteiger partial charge in [-0.1, -0.05) is 6.07 Å². The molecule has 3 saturated heterocycles. The Morgan fingerprint density at radius 2 is 1.78 bits per heavy atom. The van der Waals surface area contributed by atoms with Crippen molar-refractivity contribution in [1.82, 2.24) is 15.1 Å². The number of para-hydroxylation sites is 1. The maximum Gasteiger partial charge on any atom is 0.410 e. The third kappa shape index (κ3) is 6.71. The number of carbonyl (C=O) groups is 4. The van der Waals surface area contributed by atoms with Crippen molar-refractivity contribution >= 4 is 41.4 Å². The summed E-state index contributed by atoms with van der Waals surface area (Å²) in [6, 6.07) is 3.96. The van der Waals surface area contributed by atoms with Crippen molar-refractivity contribution in [3.63, 3.8) is 0 Å². The number of carbonyl (C=O) groups excluding carboxylic acids is 4. The molecule has 0 radical (unpaired) electrons. The number of halogens is 2. The summed E-state index contributed by atoms with van der Waals surface area (Å²) in [7, 11) is 3.38. The minimum atomic E-state index is -3.09. The number of rotatable bonds is 6. The van der Waals surface area contributed by atoms with Gasteiger partial charge in [-0.2, -0.15) is 0 Å². The van der Waals surface area contributed by atoms with Crippen LogP contribution in [0.5, 0.6) is 0 Å². The molecule has 4 amide bonds. The zero-order valence-corrected chi connectivity index (χ0v) is 24.4. The summed E-state index contributed by atoms with van der Waals surface area (Å²) in [5.41, 5.74) is 1.24. The smallest absolute Gasteiger partial charge is 0.410 e. The average molecular weight is 579 g/mol. The van der Waals surface area contributed by atoms with Crippen LogP contribution in [0.2, 0.25) is 0 Å². The molecule has 3 aliphatic heterocycles. The van der Waals surface area contributed by atoms with Crippen molar-refractivity contribution in [3.05, 3.63) is 18.2 Å². The van der Waals surface area contributed by atoms with Gasteiger partial charge in [0.05, 0.1) is 29.6 Å². The highest BCUT2D eigenvalue weighted by Gasteiger charge is 2.49. The highest BCUT2D eigenvalue weighted by Crippen LogP contribution is 2.40. The van der Waals surface area contributed by atoms with Crippen molar-refractivity contribution in [2.75, 3.05) is 68.1 Å². The van der Waals surface area contributed by atoms with Gasteiger partial charge in [0.25, 0.3) is 5.92 Å². The van der Waals surface area contributed by atoms with Crippen LogP contribution in [0.25, 0.3) is 0 Å². The van der Waals surface area contributed by atoms with E-state index in [-0.39, 0.29) is 31.2 Å². The van der Waals surface area contributed by atoms with Gasteiger partial charge < -0.3 is 24.3 Å². The summed E-state index contributed by atoms with van der Waals surface area (Å²) in [6.07, 6.45) is 0.681. The third-order valence-electron chi connectivity index (χ3n) is 7.87. The molecule has 3 fully saturated rings. The maximum atomic E-state index is 15.3. The predicted molar refractivity (Wildman–Crippen MR) is 150 cm³/mol. The van der Waals surface area contributed by atoms with Crippen molar-refractivity contribution in [3.8, 4) is 0 Å². The molecule has 3 heterocycles. The molecule has 2 atom stereocenters. The van der Waals surface area contributed by atoms with E-state index < -0.39 is 36.2 Å². The lowest BCUT2D eigenvalue weighted by Crippen LogP contribution is -2.62. The number of imide groups is 1. The standard InChI is InChI=1S/C28H40F2N6O5/c1-27(2,3)41-26(40)36-12-11-22(28(29,30)17-36)35-15-13-34(14-16-35)20-8-6-7-19(24(20)32(4)18-37)33(5)21-9-10-23(38)31-25(21)39/h6-8,18,21-22H,9-17H2,1-5H3,(H,31,38,39). The number of ether oxygens (including phenoxy) is 1. The molecule has 0 bridgehead atoms. The number of likely N-dealkylation sites (N-methyl/N-ethyl adjacent to an activating group) is 1. The zero-order chi connectivity index (χ0) is 30.1. The molecule has 3 aliphatic rings. The van der Waals surface area contributed by atoms with Gasteiger partial charge in [-0.25, -0.2) is 13.6 Å². The van der Waals surface area contributed by atoms with Crippen molar-refractivity contribution < 1.29 is 32.7 Å². The Balaban J connectivity index is 1.47. The van der Waals surface area contributed by atoms with Crippen LogP contribution in [0.15, 0.2) is 18.2 Å². The molecule has 1 N–H and O–H groups in total. The molecule has 13 heteroatoms. The van der Waals surface area contributed by atoms with E-state index in [1.807, 2.05) is 18.2 Å². The summed E-state index contributed by atoms with van der Waals surface area (Å²) in [6.45, 7) is 6.28. The second-order valence-corrected chi connectivity index (χ2v) is 11.9. The van der Waals surface area contributed by atoms with Crippen molar-refractivity contribution in [2.45, 2.75) is 63.6 Å². The molecular weight excluding hydrogens is 538 g/mol. The van der Waals surface area contributed by atoms with Crippen LogP contribution >= 0.6 is 0 Å². The molecule has 2 unspecified atom stereocenters. The summed E-state index contributed by atoms with van der Waals surface area (Å²) >= 11 is 0. The number of alkyl halides is 2. The van der Waals surface area contributed by atoms with Crippen LogP contribution in [0.4, 0.5) is 30.6 Å². The first kappa shape index (κ1) is 30.5. The number of benzene rings is 1. The zero-order valence-electron chi connectivity index (χ0n) is 24.4. The van der Waals surface area contributed by atoms with Crippen molar-refractivity contribution in [1.29, 1.82) is 0 Å². The van der Waals surface area contributed by atoms with E-state index in [0.717, 1.165) is 10.6 Å². The van der Waals surface area contributed by atoms with Gasteiger partial charge in [0.15, 0.2) is 0 Å². The first-order valence-corrected chi connectivity index (χ1v) is 13.9. The maximum absolute atomic E-state index is 15.3. The number of amides is 4. The molecule has 1 aromatic rings. The SMILES string of the molecule is CN(C=O)c1c(N2CCN(C3CCN(C(=O)OC(C)(C)C)CC3(F)F)CC2)cccc1N(C)C1CCC(=O)NC1=O. The fourth-order valence-electron chi connectivity index (χ4n) is 5.83. The van der Waals surface area contributed by atoms with E-state index in [9.17, 15) is 19.2 Å². The lowest BCUT2D eigenvalue weighted by Gasteiger charge is -2.47. The quantitative estimate of drug-likeness (QED) is 0.405. The van der Waals surface area contributed by atoms with Crippen LogP contribution in [-0.2, 0) is 19.1 Å². The van der Waals surface area contributed by atoms with E-state index >= 15 is 8.78 Å². The minimum Gasteiger partial charge on any atom is -0.444 e. The van der Waals surface area contributed by atoms with Gasteiger partial charge in [-0.3, -0.25) is 24.6 Å². The van der Waals surface area contributed by atoms with Gasteiger partial charge in [-0.05, 0) is 45.7 Å². The van der Waals surface area contributed by atoms with Gasteiger partial charge >= 0.3 is 6.09 Å². The Hall–Kier alpha value is -3.48. The van der Waals surface area contributed by atoms with Crippen LogP contribution in [0.1, 0.15) is 40.0 Å². The van der Waals surface area contributed by atoms with E-state index in [4.69, 9.17) is 4.74 Å². The Labute approximate surface area is 239 Å². The second-order valence-electron chi connectivity index (χ2n) is 11.9. The number of nitrogens with zero attached hydrogens (tertiary/aromatic N) is 5. The topological polar surface area (TPSA) is 106 Å².